The molecule has 0 spiro atoms. The first kappa shape index (κ1) is 28.2. The predicted molar refractivity (Wildman–Crippen MR) is 160 cm³/mol. The van der Waals surface area contributed by atoms with E-state index in [4.69, 9.17) is 9.72 Å². The number of piperazine rings is 1. The van der Waals surface area contributed by atoms with Crippen LogP contribution in [0.25, 0.3) is 11.3 Å². The summed E-state index contributed by atoms with van der Waals surface area (Å²) >= 11 is 1.58. The smallest absolute Gasteiger partial charge is 0.307 e. The lowest BCUT2D eigenvalue weighted by atomic mass is 9.85. The minimum atomic E-state index is -0.663. The number of ether oxygens (including phenoxy) is 1. The largest absolute Gasteiger partial charge is 0.488 e. The summed E-state index contributed by atoms with van der Waals surface area (Å²) in [4.78, 5) is 34.9. The molecule has 3 heterocycles. The number of hydrogen-bond donors (Lipinski definition) is 1. The number of carbonyl (C=O) groups excluding carboxylic acids is 1. The Morgan fingerprint density at radius 3 is 2.67 bits per heavy atom. The van der Waals surface area contributed by atoms with E-state index in [0.717, 1.165) is 65.6 Å². The fraction of sp³-hybridized carbons (Fsp3) is 0.438. The van der Waals surface area contributed by atoms with Gasteiger partial charge >= 0.3 is 5.97 Å². The molecule has 0 radical (unpaired) electrons. The van der Waals surface area contributed by atoms with Gasteiger partial charge in [-0.1, -0.05) is 23.8 Å². The molecular formula is C32H35N5O4S. The molecule has 1 saturated carbocycles. The van der Waals surface area contributed by atoms with Gasteiger partial charge in [0.2, 0.25) is 5.91 Å². The Labute approximate surface area is 249 Å². The number of aliphatic carboxylic acids is 1. The number of aryl methyl sites for hydroxylation is 1. The van der Waals surface area contributed by atoms with Crippen LogP contribution in [0, 0.1) is 36.0 Å². The number of piperidine rings is 1. The minimum absolute atomic E-state index is 0.114. The van der Waals surface area contributed by atoms with Gasteiger partial charge in [-0.15, -0.1) is 11.3 Å². The molecule has 1 aliphatic carbocycles. The summed E-state index contributed by atoms with van der Waals surface area (Å²) in [5, 5.41) is 22.5. The Kier molecular flexibility index (Phi) is 7.88. The standard InChI is InChI=1S/C32H35N5O4S/c1-20-3-8-28(41-18-24-5-4-21(12-25(24)13-33)14-36-10-9-35(2)29(38)17-36)26(11-20)27-19-42-32(34-27)37-15-22-6-7-23(16-37)30(22)31(39)40/h3-5,8,11-12,19,22-23,30H,6-7,9-10,14-18H2,1-2H3,(H,39,40)/t22-,23+,30+. The molecule has 2 aliphatic heterocycles. The fourth-order valence-electron chi connectivity index (χ4n) is 6.59. The molecule has 3 fully saturated rings. The summed E-state index contributed by atoms with van der Waals surface area (Å²) in [6.07, 6.45) is 1.93. The first-order chi connectivity index (χ1) is 20.3. The molecule has 2 bridgehead atoms. The monoisotopic (exact) mass is 585 g/mol. The second-order valence-corrected chi connectivity index (χ2v) is 12.6. The van der Waals surface area contributed by atoms with Crippen molar-refractivity contribution >= 4 is 28.3 Å². The van der Waals surface area contributed by atoms with Crippen molar-refractivity contribution in [3.05, 3.63) is 64.0 Å². The number of rotatable bonds is 8. The maximum Gasteiger partial charge on any atom is 0.307 e. The van der Waals surface area contributed by atoms with Crippen molar-refractivity contribution in [2.75, 3.05) is 44.7 Å². The SMILES string of the molecule is Cc1ccc(OCc2ccc(CN3CCN(C)C(=O)C3)cc2C#N)c(-c2csc(N3C[C@H]4CC[C@@H](C3)[C@H]4C(=O)O)n2)c1. The third-order valence-electron chi connectivity index (χ3n) is 8.91. The Morgan fingerprint density at radius 1 is 1.17 bits per heavy atom. The first-order valence-corrected chi connectivity index (χ1v) is 15.3. The topological polar surface area (TPSA) is 110 Å². The van der Waals surface area contributed by atoms with E-state index >= 15 is 0 Å². The lowest BCUT2D eigenvalue weighted by Crippen LogP contribution is -2.47. The zero-order valence-electron chi connectivity index (χ0n) is 24.0. The molecule has 10 heteroatoms. The lowest BCUT2D eigenvalue weighted by molar-refractivity contribution is -0.144. The van der Waals surface area contributed by atoms with Gasteiger partial charge in [-0.3, -0.25) is 14.5 Å². The average molecular weight is 586 g/mol. The van der Waals surface area contributed by atoms with Crippen LogP contribution in [0.5, 0.6) is 5.75 Å². The summed E-state index contributed by atoms with van der Waals surface area (Å²) in [5.74, 6) is 0.270. The van der Waals surface area contributed by atoms with Crippen LogP contribution in [0.1, 0.15) is 35.1 Å². The highest BCUT2D eigenvalue weighted by Crippen LogP contribution is 2.44. The van der Waals surface area contributed by atoms with E-state index in [9.17, 15) is 20.0 Å². The van der Waals surface area contributed by atoms with E-state index in [1.807, 2.05) is 49.7 Å². The maximum absolute atomic E-state index is 12.1. The van der Waals surface area contributed by atoms with Crippen LogP contribution in [-0.2, 0) is 22.7 Å². The van der Waals surface area contributed by atoms with Crippen LogP contribution >= 0.6 is 11.3 Å². The fourth-order valence-corrected chi connectivity index (χ4v) is 7.44. The van der Waals surface area contributed by atoms with Crippen molar-refractivity contribution in [3.63, 3.8) is 0 Å². The van der Waals surface area contributed by atoms with Crippen molar-refractivity contribution in [2.45, 2.75) is 32.9 Å². The highest BCUT2D eigenvalue weighted by molar-refractivity contribution is 7.14. The molecular weight excluding hydrogens is 550 g/mol. The third-order valence-corrected chi connectivity index (χ3v) is 9.81. The number of anilines is 1. The summed E-state index contributed by atoms with van der Waals surface area (Å²) in [6.45, 7) is 6.28. The molecule has 2 aromatic carbocycles. The molecule has 3 aliphatic rings. The number of carboxylic acid groups (broad SMARTS) is 1. The second-order valence-electron chi connectivity index (χ2n) is 11.8. The number of aromatic nitrogens is 1. The molecule has 1 aromatic heterocycles. The molecule has 218 valence electrons. The van der Waals surface area contributed by atoms with Crippen LogP contribution < -0.4 is 9.64 Å². The van der Waals surface area contributed by atoms with Crippen LogP contribution in [0.4, 0.5) is 5.13 Å². The number of amides is 1. The van der Waals surface area contributed by atoms with E-state index in [-0.39, 0.29) is 30.3 Å². The number of nitriles is 1. The van der Waals surface area contributed by atoms with Crippen molar-refractivity contribution in [1.82, 2.24) is 14.8 Å². The van der Waals surface area contributed by atoms with Gasteiger partial charge in [0.25, 0.3) is 0 Å². The van der Waals surface area contributed by atoms with Gasteiger partial charge in [-0.05, 0) is 55.4 Å². The Bertz CT molecular complexity index is 1530. The van der Waals surface area contributed by atoms with Crippen molar-refractivity contribution in [1.29, 1.82) is 5.26 Å². The van der Waals surface area contributed by atoms with Gasteiger partial charge in [0.1, 0.15) is 12.4 Å². The van der Waals surface area contributed by atoms with Crippen LogP contribution in [0.15, 0.2) is 41.8 Å². The maximum atomic E-state index is 12.1. The van der Waals surface area contributed by atoms with Crippen molar-refractivity contribution in [3.8, 4) is 23.1 Å². The quantitative estimate of drug-likeness (QED) is 0.415. The highest BCUT2D eigenvalue weighted by atomic mass is 32.1. The molecule has 42 heavy (non-hydrogen) atoms. The van der Waals surface area contributed by atoms with E-state index in [1.165, 1.54) is 0 Å². The molecule has 0 unspecified atom stereocenters. The number of thiazole rings is 1. The number of carbonyl (C=O) groups is 2. The normalized spacial score (nSPS) is 22.3. The molecule has 3 atom stereocenters. The predicted octanol–water partition coefficient (Wildman–Crippen LogP) is 4.39. The molecule has 3 aromatic rings. The first-order valence-electron chi connectivity index (χ1n) is 14.4. The Hall–Kier alpha value is -3.94. The molecule has 1 amide bonds. The van der Waals surface area contributed by atoms with Crippen molar-refractivity contribution in [2.24, 2.45) is 17.8 Å². The van der Waals surface area contributed by atoms with E-state index in [2.05, 4.69) is 21.9 Å². The summed E-state index contributed by atoms with van der Waals surface area (Å²) < 4.78 is 6.30. The van der Waals surface area contributed by atoms with Crippen LogP contribution in [0.2, 0.25) is 0 Å². The van der Waals surface area contributed by atoms with Crippen molar-refractivity contribution < 1.29 is 19.4 Å². The van der Waals surface area contributed by atoms with Gasteiger partial charge in [-0.25, -0.2) is 4.98 Å². The van der Waals surface area contributed by atoms with Gasteiger partial charge in [-0.2, -0.15) is 5.26 Å². The molecule has 9 nitrogen and oxygen atoms in total. The summed E-state index contributed by atoms with van der Waals surface area (Å²) in [7, 11) is 1.82. The lowest BCUT2D eigenvalue weighted by Gasteiger charge is -2.35. The van der Waals surface area contributed by atoms with Gasteiger partial charge < -0.3 is 19.6 Å². The number of carboxylic acids is 1. The number of nitrogens with zero attached hydrogens (tertiary/aromatic N) is 5. The Balaban J connectivity index is 1.15. The highest BCUT2D eigenvalue weighted by Gasteiger charge is 2.46. The molecule has 1 N–H and O–H groups in total. The van der Waals surface area contributed by atoms with E-state index < -0.39 is 5.97 Å². The second kappa shape index (κ2) is 11.7. The van der Waals surface area contributed by atoms with Gasteiger partial charge in [0.15, 0.2) is 5.13 Å². The van der Waals surface area contributed by atoms with E-state index in [1.54, 1.807) is 16.2 Å². The van der Waals surface area contributed by atoms with Gasteiger partial charge in [0.05, 0.1) is 29.8 Å². The van der Waals surface area contributed by atoms with Gasteiger partial charge in [0, 0.05) is 56.3 Å². The number of likely N-dealkylation sites (N-methyl/N-ethyl adjacent to an activating group) is 1. The summed E-state index contributed by atoms with van der Waals surface area (Å²) in [6, 6.07) is 14.2. The number of benzene rings is 2. The summed E-state index contributed by atoms with van der Waals surface area (Å²) in [5.41, 5.74) is 5.20. The zero-order chi connectivity index (χ0) is 29.4. The van der Waals surface area contributed by atoms with E-state index in [0.29, 0.717) is 30.9 Å². The minimum Gasteiger partial charge on any atom is -0.488 e. The third kappa shape index (κ3) is 5.72. The Morgan fingerprint density at radius 2 is 1.95 bits per heavy atom. The number of hydrogen-bond acceptors (Lipinski definition) is 8. The zero-order valence-corrected chi connectivity index (χ0v) is 24.8. The average Bonchev–Trinajstić information content (AvgIpc) is 3.57. The number of fused-ring (bicyclic) bond motifs is 2. The molecule has 6 rings (SSSR count). The van der Waals surface area contributed by atoms with Crippen LogP contribution in [-0.4, -0.2) is 71.5 Å². The van der Waals surface area contributed by atoms with Crippen LogP contribution in [0.3, 0.4) is 0 Å². The molecule has 2 saturated heterocycles.